The fourth-order valence-electron chi connectivity index (χ4n) is 4.12. The summed E-state index contributed by atoms with van der Waals surface area (Å²) in [7, 11) is 7.82. The van der Waals surface area contributed by atoms with Crippen LogP contribution in [0.2, 0.25) is 0 Å². The van der Waals surface area contributed by atoms with Crippen molar-refractivity contribution in [3.63, 3.8) is 0 Å². The standard InChI is InChI=1S/C32H32N2O4/c1-33(2)27-19-15-25(16-20-27)29(23-11-7-5-8-12-23)37-31(35)32(36)38-30(24-13-9-6-10-14-24)26-17-21-28(22-18-26)34(3)4/h5-22,29-30H,1-4H3. The Morgan fingerprint density at radius 2 is 0.763 bits per heavy atom. The molecule has 0 aliphatic carbocycles. The van der Waals surface area contributed by atoms with Gasteiger partial charge in [-0.25, -0.2) is 9.59 Å². The summed E-state index contributed by atoms with van der Waals surface area (Å²) in [5.74, 6) is -2.11. The van der Waals surface area contributed by atoms with Gasteiger partial charge in [0.25, 0.3) is 0 Å². The van der Waals surface area contributed by atoms with Crippen molar-refractivity contribution in [1.82, 2.24) is 0 Å². The molecule has 4 rings (SSSR count). The van der Waals surface area contributed by atoms with Gasteiger partial charge in [-0.05, 0) is 46.5 Å². The molecule has 6 nitrogen and oxygen atoms in total. The Morgan fingerprint density at radius 3 is 1.05 bits per heavy atom. The minimum atomic E-state index is -1.05. The molecule has 0 N–H and O–H groups in total. The van der Waals surface area contributed by atoms with E-state index in [1.165, 1.54) is 0 Å². The first-order valence-corrected chi connectivity index (χ1v) is 12.4. The second kappa shape index (κ2) is 12.1. The molecule has 0 fully saturated rings. The maximum atomic E-state index is 13.1. The molecule has 0 aromatic heterocycles. The van der Waals surface area contributed by atoms with Crippen LogP contribution in [0, 0.1) is 0 Å². The van der Waals surface area contributed by atoms with Crippen molar-refractivity contribution in [2.24, 2.45) is 0 Å². The van der Waals surface area contributed by atoms with Gasteiger partial charge in [0.05, 0.1) is 0 Å². The number of rotatable bonds is 8. The first-order chi connectivity index (χ1) is 18.3. The van der Waals surface area contributed by atoms with Crippen molar-refractivity contribution in [3.05, 3.63) is 131 Å². The lowest BCUT2D eigenvalue weighted by Gasteiger charge is -2.22. The van der Waals surface area contributed by atoms with E-state index in [1.54, 1.807) is 0 Å². The Bertz CT molecular complexity index is 1230. The van der Waals surface area contributed by atoms with Gasteiger partial charge >= 0.3 is 11.9 Å². The van der Waals surface area contributed by atoms with Crippen LogP contribution in [0.5, 0.6) is 0 Å². The number of nitrogens with zero attached hydrogens (tertiary/aromatic N) is 2. The van der Waals surface area contributed by atoms with Gasteiger partial charge in [0.15, 0.2) is 12.2 Å². The maximum absolute atomic E-state index is 13.1. The van der Waals surface area contributed by atoms with Crippen LogP contribution >= 0.6 is 0 Å². The van der Waals surface area contributed by atoms with Crippen molar-refractivity contribution in [1.29, 1.82) is 0 Å². The number of anilines is 2. The van der Waals surface area contributed by atoms with Crippen LogP contribution in [0.4, 0.5) is 11.4 Å². The number of ether oxygens (including phenoxy) is 2. The highest BCUT2D eigenvalue weighted by Gasteiger charge is 2.29. The maximum Gasteiger partial charge on any atom is 0.418 e. The van der Waals surface area contributed by atoms with E-state index in [9.17, 15) is 9.59 Å². The lowest BCUT2D eigenvalue weighted by atomic mass is 10.0. The third-order valence-electron chi connectivity index (χ3n) is 6.25. The quantitative estimate of drug-likeness (QED) is 0.222. The van der Waals surface area contributed by atoms with Crippen LogP contribution in [0.15, 0.2) is 109 Å². The van der Waals surface area contributed by atoms with Crippen molar-refractivity contribution >= 4 is 23.3 Å². The molecule has 0 bridgehead atoms. The third-order valence-corrected chi connectivity index (χ3v) is 6.25. The highest BCUT2D eigenvalue weighted by Crippen LogP contribution is 2.30. The highest BCUT2D eigenvalue weighted by atomic mass is 16.6. The highest BCUT2D eigenvalue weighted by molar-refractivity contribution is 6.29. The molecule has 4 aromatic carbocycles. The zero-order valence-corrected chi connectivity index (χ0v) is 22.1. The molecule has 4 aromatic rings. The molecule has 0 heterocycles. The molecule has 6 heteroatoms. The molecule has 0 aliphatic heterocycles. The van der Waals surface area contributed by atoms with E-state index in [0.717, 1.165) is 33.6 Å². The molecule has 0 aliphatic rings. The van der Waals surface area contributed by atoms with Gasteiger partial charge < -0.3 is 19.3 Å². The van der Waals surface area contributed by atoms with Crippen LogP contribution in [0.3, 0.4) is 0 Å². The summed E-state index contributed by atoms with van der Waals surface area (Å²) < 4.78 is 11.5. The number of hydrogen-bond acceptors (Lipinski definition) is 6. The van der Waals surface area contributed by atoms with E-state index in [-0.39, 0.29) is 0 Å². The summed E-state index contributed by atoms with van der Waals surface area (Å²) in [5.41, 5.74) is 5.04. The fourth-order valence-corrected chi connectivity index (χ4v) is 4.12. The third kappa shape index (κ3) is 6.40. The molecular weight excluding hydrogens is 476 g/mol. The number of benzene rings is 4. The summed E-state index contributed by atoms with van der Waals surface area (Å²) in [5, 5.41) is 0. The second-order valence-corrected chi connectivity index (χ2v) is 9.36. The molecule has 0 saturated carbocycles. The molecule has 2 unspecified atom stereocenters. The van der Waals surface area contributed by atoms with Crippen molar-refractivity contribution in [3.8, 4) is 0 Å². The number of hydrogen-bond donors (Lipinski definition) is 0. The predicted molar refractivity (Wildman–Crippen MR) is 150 cm³/mol. The van der Waals surface area contributed by atoms with E-state index in [4.69, 9.17) is 9.47 Å². The lowest BCUT2D eigenvalue weighted by Crippen LogP contribution is -2.25. The summed E-state index contributed by atoms with van der Waals surface area (Å²) in [6.07, 6.45) is -1.52. The Balaban J connectivity index is 1.58. The van der Waals surface area contributed by atoms with Crippen molar-refractivity contribution in [2.75, 3.05) is 38.0 Å². The monoisotopic (exact) mass is 508 g/mol. The number of carbonyl (C=O) groups excluding carboxylic acids is 2. The van der Waals surface area contributed by atoms with Gasteiger partial charge in [0.1, 0.15) is 0 Å². The molecule has 194 valence electrons. The summed E-state index contributed by atoms with van der Waals surface area (Å²) in [6.45, 7) is 0. The zero-order valence-electron chi connectivity index (χ0n) is 22.1. The fraction of sp³-hybridized carbons (Fsp3) is 0.188. The minimum absolute atomic E-state index is 0.752. The summed E-state index contributed by atoms with van der Waals surface area (Å²) in [4.78, 5) is 30.2. The van der Waals surface area contributed by atoms with Gasteiger partial charge in [0.2, 0.25) is 0 Å². The predicted octanol–water partition coefficient (Wildman–Crippen LogP) is 5.78. The average Bonchev–Trinajstić information content (AvgIpc) is 2.95. The largest absolute Gasteiger partial charge is 0.444 e. The first kappa shape index (κ1) is 26.5. The molecule has 0 saturated heterocycles. The molecule has 0 radical (unpaired) electrons. The second-order valence-electron chi connectivity index (χ2n) is 9.36. The first-order valence-electron chi connectivity index (χ1n) is 12.4. The summed E-state index contributed by atoms with van der Waals surface area (Å²) in [6, 6.07) is 34.0. The Kier molecular flexibility index (Phi) is 8.44. The topological polar surface area (TPSA) is 59.1 Å². The van der Waals surface area contributed by atoms with Crippen LogP contribution in [0.1, 0.15) is 34.5 Å². The van der Waals surface area contributed by atoms with E-state index >= 15 is 0 Å². The van der Waals surface area contributed by atoms with Gasteiger partial charge in [-0.2, -0.15) is 0 Å². The van der Waals surface area contributed by atoms with Gasteiger partial charge in [-0.3, -0.25) is 0 Å². The molecule has 0 spiro atoms. The molecule has 38 heavy (non-hydrogen) atoms. The SMILES string of the molecule is CN(C)c1ccc(C(OC(=O)C(=O)OC(c2ccccc2)c2ccc(N(C)C)cc2)c2ccccc2)cc1. The van der Waals surface area contributed by atoms with Crippen molar-refractivity contribution in [2.45, 2.75) is 12.2 Å². The number of carbonyl (C=O) groups is 2. The molecule has 2 atom stereocenters. The smallest absolute Gasteiger partial charge is 0.418 e. The van der Waals surface area contributed by atoms with Crippen LogP contribution in [0.25, 0.3) is 0 Å². The van der Waals surface area contributed by atoms with Crippen LogP contribution in [-0.4, -0.2) is 40.1 Å². The van der Waals surface area contributed by atoms with Gasteiger partial charge in [-0.1, -0.05) is 84.9 Å². The Labute approximate surface area is 224 Å². The van der Waals surface area contributed by atoms with E-state index in [2.05, 4.69) is 0 Å². The van der Waals surface area contributed by atoms with Gasteiger partial charge in [0, 0.05) is 39.6 Å². The Hall–Kier alpha value is -4.58. The lowest BCUT2D eigenvalue weighted by molar-refractivity contribution is -0.172. The Morgan fingerprint density at radius 1 is 0.474 bits per heavy atom. The average molecular weight is 509 g/mol. The molecule has 0 amide bonds. The van der Waals surface area contributed by atoms with Crippen LogP contribution in [-0.2, 0) is 19.1 Å². The van der Waals surface area contributed by atoms with E-state index < -0.39 is 24.1 Å². The minimum Gasteiger partial charge on any atom is -0.444 e. The summed E-state index contributed by atoms with van der Waals surface area (Å²) >= 11 is 0. The molecular formula is C32H32N2O4. The van der Waals surface area contributed by atoms with E-state index in [1.807, 2.05) is 147 Å². The zero-order chi connectivity index (χ0) is 27.1. The van der Waals surface area contributed by atoms with E-state index in [0.29, 0.717) is 0 Å². The van der Waals surface area contributed by atoms with Gasteiger partial charge in [-0.15, -0.1) is 0 Å². The normalized spacial score (nSPS) is 12.2. The van der Waals surface area contributed by atoms with Crippen LogP contribution < -0.4 is 9.80 Å². The number of esters is 2. The van der Waals surface area contributed by atoms with Crippen molar-refractivity contribution < 1.29 is 19.1 Å².